The molecule has 28 rings (SSSR count). The predicted octanol–water partition coefficient (Wildman–Crippen LogP) is 34.2. The van der Waals surface area contributed by atoms with Crippen LogP contribution in [0.5, 0.6) is 0 Å². The molecule has 18 aromatic carbocycles. The zero-order valence-corrected chi connectivity index (χ0v) is 78.9. The van der Waals surface area contributed by atoms with Crippen LogP contribution < -0.4 is 5.32 Å². The first-order valence-electron chi connectivity index (χ1n) is 49.8. The topological polar surface area (TPSA) is 116 Å². The average molecular weight is 1850 g/mol. The molecule has 0 amide bonds. The fourth-order valence-electron chi connectivity index (χ4n) is 22.3. The maximum absolute atomic E-state index is 6.87. The monoisotopic (exact) mass is 1850 g/mol. The van der Waals surface area contributed by atoms with Gasteiger partial charge in [0.1, 0.15) is 34.3 Å². The lowest BCUT2D eigenvalue weighted by atomic mass is 9.94. The highest BCUT2D eigenvalue weighted by Crippen LogP contribution is 2.48. The maximum Gasteiger partial charge on any atom is 0.164 e. The second-order valence-electron chi connectivity index (χ2n) is 38.4. The van der Waals surface area contributed by atoms with Crippen molar-refractivity contribution in [2.45, 2.75) is 45.2 Å². The molecule has 4 aliphatic rings. The smallest absolute Gasteiger partial charge is 0.164 e. The normalized spacial score (nSPS) is 14.9. The van der Waals surface area contributed by atoms with Gasteiger partial charge in [0, 0.05) is 110 Å². The predicted molar refractivity (Wildman–Crippen MR) is 596 cm³/mol. The van der Waals surface area contributed by atoms with Crippen LogP contribution in [0, 0.1) is 5.92 Å². The fraction of sp³-hybridized carbons (Fsp3) is 0.0602. The summed E-state index contributed by atoms with van der Waals surface area (Å²) in [6.45, 7) is 2.25. The van der Waals surface area contributed by atoms with Crippen LogP contribution in [-0.2, 0) is 0 Å². The van der Waals surface area contributed by atoms with Crippen LogP contribution in [0.25, 0.3) is 244 Å². The molecule has 11 nitrogen and oxygen atoms in total. The summed E-state index contributed by atoms with van der Waals surface area (Å²) in [7, 11) is 0. The molecule has 24 aromatic rings. The Labute approximate surface area is 831 Å². The number of aliphatic imine (C=N–C) groups is 2. The van der Waals surface area contributed by atoms with Gasteiger partial charge < -0.3 is 27.9 Å². The standard InChI is InChI=1S/C133H91N9O2/c1-82-50-52-90(53-51-82)131-135-130(89-30-10-4-11-31-89)138-133(139-131)100-37-23-33-92(71-100)84-56-60-86(61-57-84)111-79-102(81-117-109-45-17-21-49-125(109)144-127(111)117)94-35-25-41-105(73-94)142-119-47-19-15-43-107(119)113-75-96(63-67-121(113)142)98-65-69-123-115(77-98)114-76-97(64-68-122(114)140(123)103-38-12-5-13-39-103)95-62-66-120-112(74-95)106-42-14-18-46-118(106)141(120)104-40-24-34-93(72-104)101-78-110(126-116(80-101)108-44-16-20-48-124(108)143-126)85-58-54-83(55-59-85)91-32-22-36-99(70-91)132-136-128(87-26-6-2-7-27-87)134-129(137-132)88-28-8-3-9-29-88/h2,5-8,10,12-50,52-82,130H,3-4,9,11,51H2,1H3,(H,135,138,139). The van der Waals surface area contributed by atoms with Crippen LogP contribution in [0.4, 0.5) is 0 Å². The van der Waals surface area contributed by atoms with E-state index in [0.29, 0.717) is 23.4 Å². The highest BCUT2D eigenvalue weighted by atomic mass is 16.3. The molecule has 0 radical (unpaired) electrons. The summed E-state index contributed by atoms with van der Waals surface area (Å²) < 4.78 is 21.0. The number of aromatic nitrogens is 6. The molecular weight excluding hydrogens is 1760 g/mol. The molecule has 144 heavy (non-hydrogen) atoms. The average Bonchev–Trinajstić information content (AvgIpc) is 1.58. The number of furan rings is 2. The summed E-state index contributed by atoms with van der Waals surface area (Å²) >= 11 is 0. The van der Waals surface area contributed by atoms with Gasteiger partial charge in [-0.1, -0.05) is 316 Å². The molecule has 2 atom stereocenters. The van der Waals surface area contributed by atoms with E-state index in [9.17, 15) is 0 Å². The minimum absolute atomic E-state index is 0.231. The molecule has 0 saturated carbocycles. The number of hydrogen-bond donors (Lipinski definition) is 1. The molecule has 2 unspecified atom stereocenters. The molecule has 0 saturated heterocycles. The van der Waals surface area contributed by atoms with E-state index in [1.807, 2.05) is 24.3 Å². The minimum atomic E-state index is -0.231. The Kier molecular flexibility index (Phi) is 20.1. The lowest BCUT2D eigenvalue weighted by molar-refractivity contribution is 0.669. The van der Waals surface area contributed by atoms with Crippen molar-refractivity contribution in [3.05, 3.63) is 478 Å². The quantitative estimate of drug-likeness (QED) is 0.0971. The zero-order valence-electron chi connectivity index (χ0n) is 78.9. The Morgan fingerprint density at radius 3 is 1.18 bits per heavy atom. The SMILES string of the molecule is CC1C=CC(C2=NC(C3=CCCC=C3)NC(c3cccc(-c4ccc(-c5cc(-c6cccc(-n7c8ccccc8c8cc(-c9ccc%10c(c9)c9cc(-c%11ccc%12c(c%11)c%11ccccc%11n%12-c%11cccc(-c%12cc(-c%13ccc(-c%14cccc(-c%15nc(C%16=CCCC=C%16)nc(-c%16ccccc%16)n%15)c%14)cc%13)c%13oc%14ccccc%14c%13c%12)c%11)ccc9n%10-c9ccccc9)ccc87)c6)cc6c5oc5ccccc56)cc4)c3)=N2)=CC1. The Balaban J connectivity index is 0.490. The number of nitrogens with one attached hydrogen (secondary N) is 1. The Bertz CT molecular complexity index is 9670. The van der Waals surface area contributed by atoms with Crippen LogP contribution >= 0.6 is 0 Å². The van der Waals surface area contributed by atoms with E-state index >= 15 is 0 Å². The second-order valence-corrected chi connectivity index (χ2v) is 38.4. The van der Waals surface area contributed by atoms with E-state index in [-0.39, 0.29) is 6.17 Å². The van der Waals surface area contributed by atoms with Crippen molar-refractivity contribution in [3.8, 4) is 129 Å². The van der Waals surface area contributed by atoms with Gasteiger partial charge in [-0.25, -0.2) is 24.9 Å². The number of para-hydroxylation sites is 5. The van der Waals surface area contributed by atoms with Gasteiger partial charge in [0.2, 0.25) is 0 Å². The van der Waals surface area contributed by atoms with Crippen molar-refractivity contribution >= 4 is 127 Å². The summed E-state index contributed by atoms with van der Waals surface area (Å²) in [5.74, 6) is 4.04. The largest absolute Gasteiger partial charge is 0.455 e. The lowest BCUT2D eigenvalue weighted by Gasteiger charge is -2.26. The fourth-order valence-corrected chi connectivity index (χ4v) is 22.3. The Hall–Kier alpha value is -18.5. The molecular formula is C133H91N9O2. The Morgan fingerprint density at radius 2 is 0.667 bits per heavy atom. The van der Waals surface area contributed by atoms with Crippen LogP contribution in [0.2, 0.25) is 0 Å². The van der Waals surface area contributed by atoms with Crippen molar-refractivity contribution in [1.82, 2.24) is 34.0 Å². The number of amidine groups is 2. The molecule has 7 heterocycles. The molecule has 11 heteroatoms. The summed E-state index contributed by atoms with van der Waals surface area (Å²) in [4.78, 5) is 25.6. The van der Waals surface area contributed by atoms with E-state index in [4.69, 9.17) is 33.8 Å². The molecule has 0 bridgehead atoms. The number of nitrogens with zero attached hydrogens (tertiary/aromatic N) is 8. The van der Waals surface area contributed by atoms with E-state index in [0.717, 1.165) is 255 Å². The third-order valence-electron chi connectivity index (χ3n) is 29.5. The summed E-state index contributed by atoms with van der Waals surface area (Å²) in [5, 5.41) is 15.1. The van der Waals surface area contributed by atoms with Crippen molar-refractivity contribution in [3.63, 3.8) is 0 Å². The van der Waals surface area contributed by atoms with Gasteiger partial charge in [-0.2, -0.15) is 0 Å². The highest BCUT2D eigenvalue weighted by Gasteiger charge is 2.28. The third-order valence-corrected chi connectivity index (χ3v) is 29.5. The number of rotatable bonds is 17. The van der Waals surface area contributed by atoms with Gasteiger partial charge in [-0.15, -0.1) is 0 Å². The van der Waals surface area contributed by atoms with E-state index in [2.05, 4.69) is 457 Å². The van der Waals surface area contributed by atoms with Crippen LogP contribution in [0.15, 0.2) is 485 Å². The number of hydrogen-bond acceptors (Lipinski definition) is 8. The van der Waals surface area contributed by atoms with E-state index in [1.54, 1.807) is 0 Å². The van der Waals surface area contributed by atoms with Crippen molar-refractivity contribution in [1.29, 1.82) is 0 Å². The second kappa shape index (κ2) is 34.6. The van der Waals surface area contributed by atoms with Crippen LogP contribution in [0.3, 0.4) is 0 Å². The molecule has 1 N–H and O–H groups in total. The van der Waals surface area contributed by atoms with Gasteiger partial charge in [0.15, 0.2) is 23.3 Å². The van der Waals surface area contributed by atoms with E-state index in [1.165, 1.54) is 37.9 Å². The molecule has 1 aliphatic heterocycles. The van der Waals surface area contributed by atoms with Crippen LogP contribution in [0.1, 0.15) is 50.4 Å². The van der Waals surface area contributed by atoms with Gasteiger partial charge in [-0.05, 0) is 267 Å². The first kappa shape index (κ1) is 83.7. The van der Waals surface area contributed by atoms with Crippen molar-refractivity contribution in [2.75, 3.05) is 0 Å². The number of allylic oxidation sites excluding steroid dienone is 8. The van der Waals surface area contributed by atoms with Gasteiger partial charge in [0.05, 0.1) is 33.1 Å². The van der Waals surface area contributed by atoms with Crippen molar-refractivity contribution in [2.24, 2.45) is 15.9 Å². The van der Waals surface area contributed by atoms with Gasteiger partial charge in [0.25, 0.3) is 0 Å². The summed E-state index contributed by atoms with van der Waals surface area (Å²) in [5.41, 5.74) is 37.1. The number of benzene rings is 18. The van der Waals surface area contributed by atoms with E-state index < -0.39 is 0 Å². The molecule has 680 valence electrons. The van der Waals surface area contributed by atoms with Gasteiger partial charge >= 0.3 is 0 Å². The first-order valence-corrected chi connectivity index (χ1v) is 49.8. The van der Waals surface area contributed by atoms with Crippen molar-refractivity contribution < 1.29 is 8.83 Å². The first-order chi connectivity index (χ1) is 71.2. The molecule has 3 aliphatic carbocycles. The molecule has 6 aromatic heterocycles. The summed E-state index contributed by atoms with van der Waals surface area (Å²) in [6, 6.07) is 146. The number of fused-ring (bicyclic) bond motifs is 15. The maximum atomic E-state index is 6.87. The minimum Gasteiger partial charge on any atom is -0.455 e. The lowest BCUT2D eigenvalue weighted by Crippen LogP contribution is -2.40. The zero-order chi connectivity index (χ0) is 95.0. The molecule has 0 fully saturated rings. The summed E-state index contributed by atoms with van der Waals surface area (Å²) in [6.07, 6.45) is 24.8. The highest BCUT2D eigenvalue weighted by molar-refractivity contribution is 6.19. The van der Waals surface area contributed by atoms with Gasteiger partial charge in [-0.3, -0.25) is 0 Å². The third kappa shape index (κ3) is 14.7. The Morgan fingerprint density at radius 1 is 0.271 bits per heavy atom. The molecule has 0 spiro atoms. The van der Waals surface area contributed by atoms with Crippen LogP contribution in [-0.4, -0.2) is 46.5 Å².